The van der Waals surface area contributed by atoms with Crippen molar-refractivity contribution < 1.29 is 18.8 Å². The maximum Gasteiger partial charge on any atom is 0.308 e. The van der Waals surface area contributed by atoms with Crippen molar-refractivity contribution in [2.24, 2.45) is 5.92 Å². The number of carboxylic acid groups (broad SMARTS) is 1. The summed E-state index contributed by atoms with van der Waals surface area (Å²) in [5.74, 6) is -1.52. The highest BCUT2D eigenvalue weighted by molar-refractivity contribution is 7.84. The minimum Gasteiger partial charge on any atom is -0.481 e. The minimum absolute atomic E-state index is 0.294. The molecule has 0 amide bonds. The molecule has 0 bridgehead atoms. The maximum absolute atomic E-state index is 12.0. The van der Waals surface area contributed by atoms with Crippen LogP contribution < -0.4 is 4.72 Å². The van der Waals surface area contributed by atoms with E-state index in [4.69, 9.17) is 9.84 Å². The van der Waals surface area contributed by atoms with Crippen LogP contribution in [0.2, 0.25) is 0 Å². The summed E-state index contributed by atoms with van der Waals surface area (Å²) in [7, 11) is -1.29. The first-order valence-corrected chi connectivity index (χ1v) is 6.34. The first-order chi connectivity index (χ1) is 7.19. The number of carbonyl (C=O) groups is 1. The van der Waals surface area contributed by atoms with E-state index in [-0.39, 0.29) is 0 Å². The summed E-state index contributed by atoms with van der Waals surface area (Å²) in [6.45, 7) is 7.72. The predicted octanol–water partition coefficient (Wildman–Crippen LogP) is 0.528. The number of hydrogen-bond acceptors (Lipinski definition) is 3. The number of carboxylic acids is 1. The Hall–Kier alpha value is -0.460. The fraction of sp³-hybridized carbons (Fsp3) is 0.900. The zero-order valence-corrected chi connectivity index (χ0v) is 10.9. The standard InChI is InChI=1S/C10H19NO4S/c1-7(8(12)13)10(5-15-6-10)11-16(14)9(2,3)4/h7,11H,5-6H2,1-4H3,(H,12,13)/t7-,16-/m1/s1. The molecule has 2 atom stereocenters. The van der Waals surface area contributed by atoms with E-state index < -0.39 is 33.2 Å². The fourth-order valence-electron chi connectivity index (χ4n) is 1.29. The summed E-state index contributed by atoms with van der Waals surface area (Å²) < 4.78 is 19.5. The third-order valence-electron chi connectivity index (χ3n) is 2.77. The van der Waals surface area contributed by atoms with Crippen LogP contribution in [0.3, 0.4) is 0 Å². The van der Waals surface area contributed by atoms with E-state index in [1.807, 2.05) is 20.8 Å². The molecule has 0 unspecified atom stereocenters. The Balaban J connectivity index is 2.76. The van der Waals surface area contributed by atoms with E-state index in [1.165, 1.54) is 0 Å². The molecule has 94 valence electrons. The molecule has 0 aromatic rings. The average molecular weight is 249 g/mol. The summed E-state index contributed by atoms with van der Waals surface area (Å²) in [5, 5.41) is 9.00. The van der Waals surface area contributed by atoms with Crippen molar-refractivity contribution in [1.29, 1.82) is 0 Å². The topological polar surface area (TPSA) is 75.6 Å². The van der Waals surface area contributed by atoms with Crippen LogP contribution >= 0.6 is 0 Å². The van der Waals surface area contributed by atoms with Crippen LogP contribution in [0.4, 0.5) is 0 Å². The number of ether oxygens (including phenoxy) is 1. The Bertz CT molecular complexity index is 306. The largest absolute Gasteiger partial charge is 0.481 e. The second-order valence-corrected chi connectivity index (χ2v) is 7.16. The Morgan fingerprint density at radius 3 is 2.25 bits per heavy atom. The minimum atomic E-state index is -1.29. The summed E-state index contributed by atoms with van der Waals surface area (Å²) in [6.07, 6.45) is 0. The van der Waals surface area contributed by atoms with Crippen LogP contribution in [0.25, 0.3) is 0 Å². The predicted molar refractivity (Wildman–Crippen MR) is 61.4 cm³/mol. The van der Waals surface area contributed by atoms with Gasteiger partial charge in [-0.25, -0.2) is 8.93 Å². The Morgan fingerprint density at radius 2 is 2.00 bits per heavy atom. The molecule has 2 N–H and O–H groups in total. The highest BCUT2D eigenvalue weighted by Gasteiger charge is 2.49. The van der Waals surface area contributed by atoms with E-state index in [0.717, 1.165) is 0 Å². The molecule has 1 fully saturated rings. The lowest BCUT2D eigenvalue weighted by Gasteiger charge is -2.45. The molecule has 1 saturated heterocycles. The lowest BCUT2D eigenvalue weighted by molar-refractivity contribution is -0.155. The summed E-state index contributed by atoms with van der Waals surface area (Å²) in [4.78, 5) is 11.0. The van der Waals surface area contributed by atoms with E-state index in [1.54, 1.807) is 6.92 Å². The second kappa shape index (κ2) is 4.43. The van der Waals surface area contributed by atoms with Gasteiger partial charge in [-0.1, -0.05) is 0 Å². The van der Waals surface area contributed by atoms with Gasteiger partial charge in [-0.05, 0) is 27.7 Å². The molecule has 0 aromatic carbocycles. The quantitative estimate of drug-likeness (QED) is 0.762. The summed E-state index contributed by atoms with van der Waals surface area (Å²) >= 11 is 0. The Kier molecular flexibility index (Phi) is 3.76. The van der Waals surface area contributed by atoms with Crippen LogP contribution in [-0.2, 0) is 20.5 Å². The van der Waals surface area contributed by atoms with Crippen molar-refractivity contribution in [2.75, 3.05) is 13.2 Å². The van der Waals surface area contributed by atoms with Gasteiger partial charge >= 0.3 is 5.97 Å². The van der Waals surface area contributed by atoms with Crippen molar-refractivity contribution in [3.05, 3.63) is 0 Å². The van der Waals surface area contributed by atoms with Crippen LogP contribution in [0, 0.1) is 5.92 Å². The van der Waals surface area contributed by atoms with E-state index in [0.29, 0.717) is 13.2 Å². The smallest absolute Gasteiger partial charge is 0.308 e. The number of aliphatic carboxylic acids is 1. The molecular weight excluding hydrogens is 230 g/mol. The Morgan fingerprint density at radius 1 is 1.50 bits per heavy atom. The highest BCUT2D eigenvalue weighted by atomic mass is 32.2. The zero-order valence-electron chi connectivity index (χ0n) is 10.1. The van der Waals surface area contributed by atoms with E-state index in [2.05, 4.69) is 4.72 Å². The molecule has 0 saturated carbocycles. The first-order valence-electron chi connectivity index (χ1n) is 5.19. The summed E-state index contributed by atoms with van der Waals surface area (Å²) in [5.41, 5.74) is -0.691. The van der Waals surface area contributed by atoms with Gasteiger partial charge in [-0.3, -0.25) is 4.79 Å². The third kappa shape index (κ3) is 2.61. The van der Waals surface area contributed by atoms with Crippen molar-refractivity contribution in [1.82, 2.24) is 4.72 Å². The highest BCUT2D eigenvalue weighted by Crippen LogP contribution is 2.28. The van der Waals surface area contributed by atoms with Gasteiger partial charge in [-0.2, -0.15) is 0 Å². The van der Waals surface area contributed by atoms with Gasteiger partial charge in [0.2, 0.25) is 0 Å². The van der Waals surface area contributed by atoms with Gasteiger partial charge in [0.1, 0.15) is 0 Å². The number of nitrogens with one attached hydrogen (secondary N) is 1. The van der Waals surface area contributed by atoms with Crippen LogP contribution in [0.1, 0.15) is 27.7 Å². The van der Waals surface area contributed by atoms with Crippen molar-refractivity contribution in [3.63, 3.8) is 0 Å². The number of rotatable bonds is 4. The van der Waals surface area contributed by atoms with Crippen molar-refractivity contribution >= 4 is 17.0 Å². The molecule has 5 nitrogen and oxygen atoms in total. The molecule has 1 heterocycles. The number of hydrogen-bond donors (Lipinski definition) is 2. The molecular formula is C10H19NO4S. The van der Waals surface area contributed by atoms with Gasteiger partial charge in [0.25, 0.3) is 0 Å². The molecule has 1 aliphatic rings. The molecule has 16 heavy (non-hydrogen) atoms. The monoisotopic (exact) mass is 249 g/mol. The van der Waals surface area contributed by atoms with Crippen LogP contribution in [-0.4, -0.2) is 38.8 Å². The second-order valence-electron chi connectivity index (χ2n) is 5.19. The third-order valence-corrected chi connectivity index (χ3v) is 4.47. The molecule has 1 aliphatic heterocycles. The lowest BCUT2D eigenvalue weighted by atomic mass is 9.84. The molecule has 6 heteroatoms. The summed E-state index contributed by atoms with van der Waals surface area (Å²) in [6, 6.07) is 0. The molecule has 0 radical (unpaired) electrons. The van der Waals surface area contributed by atoms with Gasteiger partial charge in [0, 0.05) is 0 Å². The van der Waals surface area contributed by atoms with Gasteiger partial charge in [-0.15, -0.1) is 0 Å². The molecule has 1 rings (SSSR count). The Labute approximate surface area is 98.1 Å². The van der Waals surface area contributed by atoms with E-state index >= 15 is 0 Å². The first kappa shape index (κ1) is 13.6. The maximum atomic E-state index is 12.0. The molecule has 0 spiro atoms. The van der Waals surface area contributed by atoms with Gasteiger partial charge < -0.3 is 9.84 Å². The average Bonchev–Trinajstić information content (AvgIpc) is 2.07. The SMILES string of the molecule is C[C@H](C(=O)O)C1(N[S@](=O)C(C)(C)C)COC1. The van der Waals surface area contributed by atoms with Crippen molar-refractivity contribution in [3.8, 4) is 0 Å². The van der Waals surface area contributed by atoms with Gasteiger partial charge in [0.05, 0.1) is 40.4 Å². The van der Waals surface area contributed by atoms with E-state index in [9.17, 15) is 9.00 Å². The van der Waals surface area contributed by atoms with Crippen LogP contribution in [0.5, 0.6) is 0 Å². The van der Waals surface area contributed by atoms with Crippen LogP contribution in [0.15, 0.2) is 0 Å². The van der Waals surface area contributed by atoms with Crippen molar-refractivity contribution in [2.45, 2.75) is 38.0 Å². The van der Waals surface area contributed by atoms with Gasteiger partial charge in [0.15, 0.2) is 0 Å². The zero-order chi connectivity index (χ0) is 12.6. The normalized spacial score (nSPS) is 23.2. The molecule has 0 aromatic heterocycles. The molecule has 0 aliphatic carbocycles. The fourth-order valence-corrected chi connectivity index (χ4v) is 2.26. The lowest BCUT2D eigenvalue weighted by Crippen LogP contribution is -2.67.